The van der Waals surface area contributed by atoms with Crippen LogP contribution >= 0.6 is 0 Å². The number of nitrogens with one attached hydrogen (secondary N) is 1. The van der Waals surface area contributed by atoms with Crippen LogP contribution in [0.4, 0.5) is 8.78 Å². The van der Waals surface area contributed by atoms with E-state index in [0.717, 1.165) is 4.52 Å². The molecule has 4 rings (SSSR count). The van der Waals surface area contributed by atoms with E-state index in [1.807, 2.05) is 18.2 Å². The lowest BCUT2D eigenvalue weighted by atomic mass is 10.2. The molecule has 0 aliphatic heterocycles. The molecular weight excluding hydrogens is 328 g/mol. The van der Waals surface area contributed by atoms with Crippen LogP contribution in [0.5, 0.6) is 0 Å². The second-order valence-corrected chi connectivity index (χ2v) is 5.60. The van der Waals surface area contributed by atoms with Gasteiger partial charge in [-0.15, -0.1) is 0 Å². The number of aromatic nitrogens is 5. The van der Waals surface area contributed by atoms with Crippen molar-refractivity contribution in [2.45, 2.75) is 13.3 Å². The number of halogens is 2. The van der Waals surface area contributed by atoms with Crippen molar-refractivity contribution in [2.24, 2.45) is 0 Å². The molecule has 4 aromatic rings. The molecule has 6 nitrogen and oxygen atoms in total. The highest BCUT2D eigenvalue weighted by Gasteiger charge is 2.19. The summed E-state index contributed by atoms with van der Waals surface area (Å²) in [5.41, 5.74) is 1.85. The number of hydrogen-bond acceptors (Lipinski definition) is 3. The lowest BCUT2D eigenvalue weighted by molar-refractivity contribution is 0.143. The molecule has 0 saturated carbocycles. The van der Waals surface area contributed by atoms with Crippen molar-refractivity contribution in [1.29, 1.82) is 0 Å². The predicted octanol–water partition coefficient (Wildman–Crippen LogP) is 3.12. The maximum Gasteiger partial charge on any atom is 0.280 e. The highest BCUT2D eigenvalue weighted by Crippen LogP contribution is 2.26. The quantitative estimate of drug-likeness (QED) is 0.622. The van der Waals surface area contributed by atoms with Gasteiger partial charge in [-0.2, -0.15) is 5.10 Å². The molecule has 126 valence electrons. The average Bonchev–Trinajstić information content (AvgIpc) is 3.18. The predicted molar refractivity (Wildman–Crippen MR) is 88.1 cm³/mol. The van der Waals surface area contributed by atoms with E-state index in [4.69, 9.17) is 0 Å². The Morgan fingerprint density at radius 2 is 1.92 bits per heavy atom. The zero-order valence-electron chi connectivity index (χ0n) is 13.1. The van der Waals surface area contributed by atoms with Gasteiger partial charge < -0.3 is 0 Å². The Labute approximate surface area is 140 Å². The van der Waals surface area contributed by atoms with E-state index in [1.54, 1.807) is 19.1 Å². The minimum atomic E-state index is -2.68. The van der Waals surface area contributed by atoms with Crippen molar-refractivity contribution >= 4 is 5.65 Å². The fraction of sp³-hybridized carbons (Fsp3) is 0.118. The monoisotopic (exact) mass is 341 g/mol. The molecule has 0 radical (unpaired) electrons. The Hall–Kier alpha value is -3.29. The van der Waals surface area contributed by atoms with Gasteiger partial charge in [0, 0.05) is 11.8 Å². The third-order valence-electron chi connectivity index (χ3n) is 3.88. The molecule has 3 heterocycles. The number of benzene rings is 1. The van der Waals surface area contributed by atoms with Gasteiger partial charge in [0.2, 0.25) is 0 Å². The molecular formula is C17H13F2N5O. The molecule has 0 unspecified atom stereocenters. The molecule has 0 atom stereocenters. The molecule has 1 aromatic carbocycles. The van der Waals surface area contributed by atoms with Gasteiger partial charge in [-0.05, 0) is 25.1 Å². The van der Waals surface area contributed by atoms with Gasteiger partial charge in [-0.25, -0.2) is 23.0 Å². The zero-order chi connectivity index (χ0) is 17.6. The largest absolute Gasteiger partial charge is 0.290 e. The Kier molecular flexibility index (Phi) is 3.45. The Bertz CT molecular complexity index is 1110. The van der Waals surface area contributed by atoms with E-state index in [-0.39, 0.29) is 16.9 Å². The smallest absolute Gasteiger partial charge is 0.280 e. The van der Waals surface area contributed by atoms with Crippen molar-refractivity contribution in [2.75, 3.05) is 0 Å². The van der Waals surface area contributed by atoms with E-state index in [1.165, 1.54) is 23.0 Å². The summed E-state index contributed by atoms with van der Waals surface area (Å²) >= 11 is 0. The van der Waals surface area contributed by atoms with Gasteiger partial charge in [0.15, 0.2) is 5.65 Å². The first-order chi connectivity index (χ1) is 12.0. The van der Waals surface area contributed by atoms with Gasteiger partial charge in [0.25, 0.3) is 12.0 Å². The summed E-state index contributed by atoms with van der Waals surface area (Å²) in [4.78, 5) is 16.6. The number of hydrogen-bond donors (Lipinski definition) is 1. The van der Waals surface area contributed by atoms with E-state index in [0.29, 0.717) is 22.6 Å². The maximum absolute atomic E-state index is 13.2. The molecule has 0 bridgehead atoms. The molecule has 0 amide bonds. The molecule has 0 aliphatic rings. The fourth-order valence-corrected chi connectivity index (χ4v) is 2.76. The van der Waals surface area contributed by atoms with Gasteiger partial charge >= 0.3 is 0 Å². The fourth-order valence-electron chi connectivity index (χ4n) is 2.76. The maximum atomic E-state index is 13.2. The Morgan fingerprint density at radius 3 is 2.64 bits per heavy atom. The molecule has 1 N–H and O–H groups in total. The van der Waals surface area contributed by atoms with Crippen molar-refractivity contribution < 1.29 is 8.78 Å². The van der Waals surface area contributed by atoms with E-state index in [2.05, 4.69) is 15.2 Å². The van der Waals surface area contributed by atoms with Crippen molar-refractivity contribution in [1.82, 2.24) is 24.4 Å². The lowest BCUT2D eigenvalue weighted by Gasteiger charge is -2.05. The molecule has 8 heteroatoms. The van der Waals surface area contributed by atoms with Crippen molar-refractivity contribution in [3.8, 4) is 16.9 Å². The summed E-state index contributed by atoms with van der Waals surface area (Å²) in [5.74, 6) is 0. The summed E-state index contributed by atoms with van der Waals surface area (Å²) in [6.45, 7) is 1.64. The van der Waals surface area contributed by atoms with Gasteiger partial charge in [-0.3, -0.25) is 9.89 Å². The SMILES string of the molecule is Cc1cc(C(F)F)n2ncc(-c3cc(=O)n(-c4ccccc4)[nH]3)c2n1. The van der Waals surface area contributed by atoms with Crippen LogP contribution in [-0.4, -0.2) is 24.4 Å². The normalized spacial score (nSPS) is 11.5. The van der Waals surface area contributed by atoms with Crippen LogP contribution in [0.15, 0.2) is 53.5 Å². The number of alkyl halides is 2. The number of H-pyrrole nitrogens is 1. The summed E-state index contributed by atoms with van der Waals surface area (Å²) in [5, 5.41) is 7.00. The number of nitrogens with zero attached hydrogens (tertiary/aromatic N) is 4. The number of aromatic amines is 1. The van der Waals surface area contributed by atoms with Crippen LogP contribution in [0.2, 0.25) is 0 Å². The first kappa shape index (κ1) is 15.3. The van der Waals surface area contributed by atoms with Gasteiger partial charge in [0.1, 0.15) is 5.69 Å². The van der Waals surface area contributed by atoms with E-state index in [9.17, 15) is 13.6 Å². The van der Waals surface area contributed by atoms with Crippen LogP contribution in [0.1, 0.15) is 17.8 Å². The first-order valence-electron chi connectivity index (χ1n) is 7.56. The van der Waals surface area contributed by atoms with E-state index < -0.39 is 6.43 Å². The summed E-state index contributed by atoms with van der Waals surface area (Å²) in [7, 11) is 0. The van der Waals surface area contributed by atoms with Crippen LogP contribution in [0, 0.1) is 6.92 Å². The zero-order valence-corrected chi connectivity index (χ0v) is 13.1. The minimum absolute atomic E-state index is 0.237. The lowest BCUT2D eigenvalue weighted by Crippen LogP contribution is -2.12. The van der Waals surface area contributed by atoms with Crippen molar-refractivity contribution in [3.05, 3.63) is 70.4 Å². The number of rotatable bonds is 3. The number of aryl methyl sites for hydroxylation is 1. The molecule has 0 saturated heterocycles. The molecule has 0 aliphatic carbocycles. The minimum Gasteiger partial charge on any atom is -0.290 e. The van der Waals surface area contributed by atoms with Gasteiger partial charge in [0.05, 0.1) is 23.1 Å². The van der Waals surface area contributed by atoms with Crippen LogP contribution in [-0.2, 0) is 0 Å². The third-order valence-corrected chi connectivity index (χ3v) is 3.88. The second kappa shape index (κ2) is 5.66. The molecule has 25 heavy (non-hydrogen) atoms. The highest BCUT2D eigenvalue weighted by atomic mass is 19.3. The summed E-state index contributed by atoms with van der Waals surface area (Å²) in [6.07, 6.45) is -1.25. The van der Waals surface area contributed by atoms with Crippen LogP contribution in [0.3, 0.4) is 0 Å². The topological polar surface area (TPSA) is 68.0 Å². The number of para-hydroxylation sites is 1. The highest BCUT2D eigenvalue weighted by molar-refractivity contribution is 5.74. The molecule has 0 spiro atoms. The molecule has 0 fully saturated rings. The molecule has 3 aromatic heterocycles. The van der Waals surface area contributed by atoms with Gasteiger partial charge in [-0.1, -0.05) is 18.2 Å². The Balaban J connectivity index is 1.91. The Morgan fingerprint density at radius 1 is 1.16 bits per heavy atom. The summed E-state index contributed by atoms with van der Waals surface area (Å²) in [6, 6.07) is 11.8. The number of fused-ring (bicyclic) bond motifs is 1. The van der Waals surface area contributed by atoms with Crippen LogP contribution < -0.4 is 5.56 Å². The second-order valence-electron chi connectivity index (χ2n) is 5.60. The first-order valence-corrected chi connectivity index (χ1v) is 7.56. The summed E-state index contributed by atoms with van der Waals surface area (Å²) < 4.78 is 28.9. The van der Waals surface area contributed by atoms with Crippen molar-refractivity contribution in [3.63, 3.8) is 0 Å². The third kappa shape index (κ3) is 2.51. The van der Waals surface area contributed by atoms with Crippen LogP contribution in [0.25, 0.3) is 22.6 Å². The standard InChI is InChI=1S/C17H13F2N5O/c1-10-7-14(16(18)19)24-17(21-10)12(9-20-24)13-8-15(25)23(22-13)11-5-3-2-4-6-11/h2-9,16,22H,1H3. The van der Waals surface area contributed by atoms with E-state index >= 15 is 0 Å². The average molecular weight is 341 g/mol.